The Morgan fingerprint density at radius 2 is 2.04 bits per heavy atom. The zero-order valence-corrected chi connectivity index (χ0v) is 14.1. The maximum absolute atomic E-state index is 13.9. The molecule has 1 amide bonds. The highest BCUT2D eigenvalue weighted by molar-refractivity contribution is 5.85. The van der Waals surface area contributed by atoms with E-state index in [1.54, 1.807) is 32.9 Å². The highest BCUT2D eigenvalue weighted by Crippen LogP contribution is 2.18. The third kappa shape index (κ3) is 6.15. The number of carbonyl (C=O) groups is 1. The van der Waals surface area contributed by atoms with E-state index >= 15 is 0 Å². The van der Waals surface area contributed by atoms with Gasteiger partial charge in [-0.3, -0.25) is 5.32 Å². The van der Waals surface area contributed by atoms with Gasteiger partial charge in [0.25, 0.3) is 0 Å². The average molecular weight is 323 g/mol. The van der Waals surface area contributed by atoms with Gasteiger partial charge in [0.05, 0.1) is 5.69 Å². The fourth-order valence-corrected chi connectivity index (χ4v) is 2.46. The van der Waals surface area contributed by atoms with Crippen molar-refractivity contribution in [2.24, 2.45) is 0 Å². The quantitative estimate of drug-likeness (QED) is 0.894. The fourth-order valence-electron chi connectivity index (χ4n) is 2.46. The van der Waals surface area contributed by atoms with Crippen molar-refractivity contribution in [3.05, 3.63) is 29.6 Å². The zero-order chi connectivity index (χ0) is 16.9. The van der Waals surface area contributed by atoms with Gasteiger partial charge >= 0.3 is 6.09 Å². The lowest BCUT2D eigenvalue weighted by atomic mass is 10.1. The molecule has 1 aliphatic rings. The van der Waals surface area contributed by atoms with Gasteiger partial charge in [-0.15, -0.1) is 0 Å². The van der Waals surface area contributed by atoms with Gasteiger partial charge < -0.3 is 15.0 Å². The molecule has 2 N–H and O–H groups in total. The summed E-state index contributed by atoms with van der Waals surface area (Å²) in [6.07, 6.45) is 0.180. The molecule has 1 aliphatic heterocycles. The molecular weight excluding hydrogens is 297 g/mol. The fraction of sp³-hybridized carbons (Fsp3) is 0.588. The van der Waals surface area contributed by atoms with Gasteiger partial charge in [-0.2, -0.15) is 0 Å². The first kappa shape index (κ1) is 17.7. The number of nitrogens with one attached hydrogen (secondary N) is 2. The first-order valence-electron chi connectivity index (χ1n) is 8.05. The Morgan fingerprint density at radius 1 is 1.35 bits per heavy atom. The number of nitrogens with zero attached hydrogens (tertiary/aromatic N) is 1. The summed E-state index contributed by atoms with van der Waals surface area (Å²) in [5.74, 6) is -0.457. The Morgan fingerprint density at radius 3 is 2.70 bits per heavy atom. The van der Waals surface area contributed by atoms with Crippen LogP contribution in [0.4, 0.5) is 14.9 Å². The van der Waals surface area contributed by atoms with Crippen LogP contribution in [0, 0.1) is 5.82 Å². The smallest absolute Gasteiger partial charge is 0.412 e. The number of benzene rings is 1. The molecule has 0 radical (unpaired) electrons. The second kappa shape index (κ2) is 7.75. The van der Waals surface area contributed by atoms with Crippen LogP contribution < -0.4 is 10.6 Å². The molecule has 0 aromatic heterocycles. The third-order valence-corrected chi connectivity index (χ3v) is 3.59. The number of piperazine rings is 1. The van der Waals surface area contributed by atoms with Crippen molar-refractivity contribution in [3.63, 3.8) is 0 Å². The lowest BCUT2D eigenvalue weighted by Crippen LogP contribution is -2.44. The Hall–Kier alpha value is -1.66. The Balaban J connectivity index is 1.93. The van der Waals surface area contributed by atoms with E-state index in [4.69, 9.17) is 4.74 Å². The molecule has 0 bridgehead atoms. The first-order chi connectivity index (χ1) is 10.8. The number of anilines is 1. The summed E-state index contributed by atoms with van der Waals surface area (Å²) in [6.45, 7) is 10.3. The number of rotatable bonds is 4. The number of halogens is 1. The second-order valence-electron chi connectivity index (χ2n) is 6.78. The first-order valence-corrected chi connectivity index (χ1v) is 8.05. The van der Waals surface area contributed by atoms with Crippen LogP contribution in [0.1, 0.15) is 26.3 Å². The Kier molecular flexibility index (Phi) is 5.96. The van der Waals surface area contributed by atoms with Crippen molar-refractivity contribution < 1.29 is 13.9 Å². The monoisotopic (exact) mass is 323 g/mol. The van der Waals surface area contributed by atoms with Gasteiger partial charge in [0.1, 0.15) is 11.4 Å². The summed E-state index contributed by atoms with van der Waals surface area (Å²) in [4.78, 5) is 14.2. The van der Waals surface area contributed by atoms with Crippen molar-refractivity contribution in [2.75, 3.05) is 38.0 Å². The minimum Gasteiger partial charge on any atom is -0.444 e. The molecule has 5 nitrogen and oxygen atoms in total. The molecule has 0 saturated carbocycles. The molecule has 0 spiro atoms. The molecule has 1 saturated heterocycles. The maximum atomic E-state index is 13.9. The lowest BCUT2D eigenvalue weighted by Gasteiger charge is -2.27. The van der Waals surface area contributed by atoms with Crippen molar-refractivity contribution in [2.45, 2.75) is 32.8 Å². The van der Waals surface area contributed by atoms with Gasteiger partial charge in [-0.05, 0) is 44.9 Å². The van der Waals surface area contributed by atoms with Crippen LogP contribution in [0.5, 0.6) is 0 Å². The largest absolute Gasteiger partial charge is 0.444 e. The standard InChI is InChI=1S/C17H26FN3O2/c1-17(2,3)23-16(22)20-15-12-13(4-5-14(15)18)6-9-21-10-7-19-8-11-21/h4-5,12,19H,6-11H2,1-3H3,(H,20,22). The van der Waals surface area contributed by atoms with E-state index in [0.29, 0.717) is 0 Å². The zero-order valence-electron chi connectivity index (χ0n) is 14.1. The van der Waals surface area contributed by atoms with Crippen LogP contribution in [-0.4, -0.2) is 49.3 Å². The van der Waals surface area contributed by atoms with Crippen LogP contribution in [0.3, 0.4) is 0 Å². The van der Waals surface area contributed by atoms with E-state index < -0.39 is 17.5 Å². The molecule has 1 aromatic rings. The summed E-state index contributed by atoms with van der Waals surface area (Å²) in [7, 11) is 0. The molecule has 0 aliphatic carbocycles. The van der Waals surface area contributed by atoms with E-state index in [1.165, 1.54) is 6.07 Å². The second-order valence-corrected chi connectivity index (χ2v) is 6.78. The topological polar surface area (TPSA) is 53.6 Å². The minimum atomic E-state index is -0.643. The van der Waals surface area contributed by atoms with Crippen LogP contribution >= 0.6 is 0 Å². The molecule has 0 atom stereocenters. The number of hydrogen-bond donors (Lipinski definition) is 2. The molecule has 1 heterocycles. The van der Waals surface area contributed by atoms with Gasteiger partial charge in [0, 0.05) is 32.7 Å². The van der Waals surface area contributed by atoms with Gasteiger partial charge in [0.2, 0.25) is 0 Å². The van der Waals surface area contributed by atoms with E-state index in [9.17, 15) is 9.18 Å². The number of ether oxygens (including phenoxy) is 1. The normalized spacial score (nSPS) is 16.2. The predicted octanol–water partition coefficient (Wildman–Crippen LogP) is 2.62. The summed E-state index contributed by atoms with van der Waals surface area (Å²) in [5.41, 5.74) is 0.550. The van der Waals surface area contributed by atoms with E-state index in [-0.39, 0.29) is 5.69 Å². The average Bonchev–Trinajstić information content (AvgIpc) is 2.47. The SMILES string of the molecule is CC(C)(C)OC(=O)Nc1cc(CCN2CCNCC2)ccc1F. The number of carbonyl (C=O) groups excluding carboxylic acids is 1. The highest BCUT2D eigenvalue weighted by atomic mass is 19.1. The Bertz CT molecular complexity index is 537. The molecule has 0 unspecified atom stereocenters. The molecule has 1 aromatic carbocycles. The van der Waals surface area contributed by atoms with Crippen LogP contribution in [0.2, 0.25) is 0 Å². The van der Waals surface area contributed by atoms with Crippen LogP contribution in [-0.2, 0) is 11.2 Å². The molecule has 23 heavy (non-hydrogen) atoms. The number of amides is 1. The lowest BCUT2D eigenvalue weighted by molar-refractivity contribution is 0.0635. The third-order valence-electron chi connectivity index (χ3n) is 3.59. The van der Waals surface area contributed by atoms with Gasteiger partial charge in [-0.25, -0.2) is 9.18 Å². The summed E-state index contributed by atoms with van der Waals surface area (Å²) < 4.78 is 19.0. The number of hydrogen-bond acceptors (Lipinski definition) is 4. The maximum Gasteiger partial charge on any atom is 0.412 e. The predicted molar refractivity (Wildman–Crippen MR) is 89.3 cm³/mol. The molecule has 6 heteroatoms. The summed E-state index contributed by atoms with van der Waals surface area (Å²) in [5, 5.41) is 5.80. The molecule has 128 valence electrons. The van der Waals surface area contributed by atoms with E-state index in [0.717, 1.165) is 44.7 Å². The highest BCUT2D eigenvalue weighted by Gasteiger charge is 2.17. The molecule has 1 fully saturated rings. The molecule has 2 rings (SSSR count). The van der Waals surface area contributed by atoms with Crippen LogP contribution in [0.25, 0.3) is 0 Å². The van der Waals surface area contributed by atoms with Crippen molar-refractivity contribution in [3.8, 4) is 0 Å². The van der Waals surface area contributed by atoms with E-state index in [2.05, 4.69) is 15.5 Å². The van der Waals surface area contributed by atoms with Gasteiger partial charge in [-0.1, -0.05) is 6.07 Å². The minimum absolute atomic E-state index is 0.164. The van der Waals surface area contributed by atoms with Gasteiger partial charge in [0.15, 0.2) is 0 Å². The van der Waals surface area contributed by atoms with Crippen molar-refractivity contribution in [1.82, 2.24) is 10.2 Å². The summed E-state index contributed by atoms with van der Waals surface area (Å²) >= 11 is 0. The Labute approximate surface area is 137 Å². The molecular formula is C17H26FN3O2. The van der Waals surface area contributed by atoms with E-state index in [1.807, 2.05) is 0 Å². The van der Waals surface area contributed by atoms with Crippen LogP contribution in [0.15, 0.2) is 18.2 Å². The summed E-state index contributed by atoms with van der Waals surface area (Å²) in [6, 6.07) is 4.83. The van der Waals surface area contributed by atoms with Crippen molar-refractivity contribution >= 4 is 11.8 Å². The van der Waals surface area contributed by atoms with Crippen molar-refractivity contribution in [1.29, 1.82) is 0 Å².